The first-order chi connectivity index (χ1) is 10.4. The summed E-state index contributed by atoms with van der Waals surface area (Å²) < 4.78 is 0. The van der Waals surface area contributed by atoms with Gasteiger partial charge >= 0.3 is 0 Å². The highest BCUT2D eigenvalue weighted by molar-refractivity contribution is 7.15. The second-order valence-electron chi connectivity index (χ2n) is 6.60. The molecule has 0 fully saturated rings. The van der Waals surface area contributed by atoms with E-state index in [1.54, 1.807) is 0 Å². The molecule has 0 spiro atoms. The third kappa shape index (κ3) is 4.63. The van der Waals surface area contributed by atoms with Gasteiger partial charge in [-0.25, -0.2) is 0 Å². The predicted octanol–water partition coefficient (Wildman–Crippen LogP) is 4.26. The average molecular weight is 317 g/mol. The Morgan fingerprint density at radius 3 is 2.50 bits per heavy atom. The summed E-state index contributed by atoms with van der Waals surface area (Å²) in [5, 5.41) is 12.7. The van der Waals surface area contributed by atoms with Crippen LogP contribution in [0.4, 0.5) is 5.13 Å². The molecule has 1 amide bonds. The summed E-state index contributed by atoms with van der Waals surface area (Å²) in [6.45, 7) is 8.50. The van der Waals surface area contributed by atoms with Crippen molar-refractivity contribution in [1.29, 1.82) is 0 Å². The molecule has 1 atom stereocenters. The molecule has 0 aliphatic heterocycles. The molecular formula is C17H23N3OS. The molecule has 118 valence electrons. The molecule has 0 radical (unpaired) electrons. The lowest BCUT2D eigenvalue weighted by Gasteiger charge is -2.15. The molecule has 0 aliphatic rings. The second-order valence-corrected chi connectivity index (χ2v) is 7.66. The highest BCUT2D eigenvalue weighted by atomic mass is 32.1. The minimum absolute atomic E-state index is 0.0211. The molecule has 1 aromatic heterocycles. The fourth-order valence-electron chi connectivity index (χ4n) is 2.28. The maximum absolute atomic E-state index is 12.5. The first-order valence-corrected chi connectivity index (χ1v) is 8.39. The normalized spacial score (nSPS) is 12.9. The molecule has 0 unspecified atom stereocenters. The minimum atomic E-state index is -0.156. The van der Waals surface area contributed by atoms with Crippen molar-refractivity contribution in [2.24, 2.45) is 5.41 Å². The minimum Gasteiger partial charge on any atom is -0.300 e. The molecule has 0 aliphatic carbocycles. The molecule has 1 aromatic carbocycles. The number of hydrogen-bond donors (Lipinski definition) is 1. The van der Waals surface area contributed by atoms with Gasteiger partial charge in [-0.05, 0) is 17.4 Å². The summed E-state index contributed by atoms with van der Waals surface area (Å²) in [5.41, 5.74) is 1.19. The number of benzene rings is 1. The monoisotopic (exact) mass is 317 g/mol. The van der Waals surface area contributed by atoms with Gasteiger partial charge in [-0.15, -0.1) is 10.2 Å². The Morgan fingerprint density at radius 1 is 1.23 bits per heavy atom. The van der Waals surface area contributed by atoms with E-state index < -0.39 is 0 Å². The fraction of sp³-hybridized carbons (Fsp3) is 0.471. The fourth-order valence-corrected chi connectivity index (χ4v) is 3.32. The van der Waals surface area contributed by atoms with E-state index in [2.05, 4.69) is 36.3 Å². The van der Waals surface area contributed by atoms with Gasteiger partial charge < -0.3 is 0 Å². The van der Waals surface area contributed by atoms with Crippen LogP contribution in [0, 0.1) is 5.41 Å². The van der Waals surface area contributed by atoms with Gasteiger partial charge in [0, 0.05) is 6.42 Å². The second kappa shape index (κ2) is 7.01. The lowest BCUT2D eigenvalue weighted by atomic mass is 9.93. The largest absolute Gasteiger partial charge is 0.300 e. The van der Waals surface area contributed by atoms with Gasteiger partial charge in [0.25, 0.3) is 0 Å². The molecule has 22 heavy (non-hydrogen) atoms. The smallest absolute Gasteiger partial charge is 0.233 e. The van der Waals surface area contributed by atoms with Crippen LogP contribution in [-0.4, -0.2) is 16.1 Å². The zero-order valence-corrected chi connectivity index (χ0v) is 14.4. The first kappa shape index (κ1) is 16.6. The number of aromatic nitrogens is 2. The van der Waals surface area contributed by atoms with E-state index in [-0.39, 0.29) is 17.2 Å². The van der Waals surface area contributed by atoms with Crippen molar-refractivity contribution in [1.82, 2.24) is 10.2 Å². The molecule has 5 heteroatoms. The van der Waals surface area contributed by atoms with E-state index in [4.69, 9.17) is 0 Å². The van der Waals surface area contributed by atoms with Gasteiger partial charge in [-0.3, -0.25) is 10.1 Å². The van der Waals surface area contributed by atoms with Gasteiger partial charge in [0.1, 0.15) is 5.01 Å². The number of rotatable bonds is 5. The summed E-state index contributed by atoms with van der Waals surface area (Å²) >= 11 is 1.46. The molecule has 0 bridgehead atoms. The van der Waals surface area contributed by atoms with Crippen LogP contribution >= 0.6 is 11.3 Å². The van der Waals surface area contributed by atoms with Gasteiger partial charge in [0.2, 0.25) is 11.0 Å². The highest BCUT2D eigenvalue weighted by Crippen LogP contribution is 2.26. The van der Waals surface area contributed by atoms with Crippen LogP contribution in [0.3, 0.4) is 0 Å². The SMILES string of the molecule is CC[C@@H](C(=O)Nc1nnc(CC(C)(C)C)s1)c1ccccc1. The third-order valence-corrected chi connectivity index (χ3v) is 4.14. The van der Waals surface area contributed by atoms with Gasteiger partial charge in [-0.2, -0.15) is 0 Å². The van der Waals surface area contributed by atoms with Crippen LogP contribution in [0.1, 0.15) is 50.6 Å². The van der Waals surface area contributed by atoms with Crippen LogP contribution < -0.4 is 5.32 Å². The molecule has 0 saturated carbocycles. The molecule has 2 aromatic rings. The molecule has 2 rings (SSSR count). The van der Waals surface area contributed by atoms with Crippen LogP contribution in [0.2, 0.25) is 0 Å². The number of amides is 1. The van der Waals surface area contributed by atoms with E-state index in [1.807, 2.05) is 37.3 Å². The lowest BCUT2D eigenvalue weighted by molar-refractivity contribution is -0.117. The van der Waals surface area contributed by atoms with E-state index in [9.17, 15) is 4.79 Å². The third-order valence-electron chi connectivity index (χ3n) is 3.31. The lowest BCUT2D eigenvalue weighted by Crippen LogP contribution is -2.20. The van der Waals surface area contributed by atoms with Crippen molar-refractivity contribution >= 4 is 22.4 Å². The first-order valence-electron chi connectivity index (χ1n) is 7.57. The predicted molar refractivity (Wildman–Crippen MR) is 91.2 cm³/mol. The zero-order valence-electron chi connectivity index (χ0n) is 13.6. The maximum Gasteiger partial charge on any atom is 0.233 e. The quantitative estimate of drug-likeness (QED) is 0.896. The standard InChI is InChI=1S/C17H23N3OS/c1-5-13(12-9-7-6-8-10-12)15(21)18-16-20-19-14(22-16)11-17(2,3)4/h6-10,13H,5,11H2,1-4H3,(H,18,20,21)/t13-/m1/s1. The Morgan fingerprint density at radius 2 is 1.91 bits per heavy atom. The molecule has 1 N–H and O–H groups in total. The number of nitrogens with one attached hydrogen (secondary N) is 1. The van der Waals surface area contributed by atoms with E-state index in [0.29, 0.717) is 5.13 Å². The van der Waals surface area contributed by atoms with E-state index in [1.165, 1.54) is 11.3 Å². The van der Waals surface area contributed by atoms with Gasteiger partial charge in [-0.1, -0.05) is 69.4 Å². The van der Waals surface area contributed by atoms with Crippen LogP contribution in [0.25, 0.3) is 0 Å². The number of carbonyl (C=O) groups excluding carboxylic acids is 1. The summed E-state index contributed by atoms with van der Waals surface area (Å²) in [7, 11) is 0. The topological polar surface area (TPSA) is 54.9 Å². The summed E-state index contributed by atoms with van der Waals surface area (Å²) in [4.78, 5) is 12.5. The Hall–Kier alpha value is -1.75. The van der Waals surface area contributed by atoms with E-state index in [0.717, 1.165) is 23.4 Å². The van der Waals surface area contributed by atoms with Crippen molar-refractivity contribution in [3.05, 3.63) is 40.9 Å². The Bertz CT molecular complexity index is 616. The van der Waals surface area contributed by atoms with Crippen LogP contribution in [0.15, 0.2) is 30.3 Å². The summed E-state index contributed by atoms with van der Waals surface area (Å²) in [5.74, 6) is -0.177. The van der Waals surface area contributed by atoms with Crippen molar-refractivity contribution in [2.75, 3.05) is 5.32 Å². The number of carbonyl (C=O) groups is 1. The van der Waals surface area contributed by atoms with Crippen molar-refractivity contribution in [3.8, 4) is 0 Å². The zero-order chi connectivity index (χ0) is 16.2. The molecule has 4 nitrogen and oxygen atoms in total. The highest BCUT2D eigenvalue weighted by Gasteiger charge is 2.21. The molecule has 1 heterocycles. The average Bonchev–Trinajstić information content (AvgIpc) is 2.85. The Labute approximate surface area is 136 Å². The summed E-state index contributed by atoms with van der Waals surface area (Å²) in [6.07, 6.45) is 1.61. The molecule has 0 saturated heterocycles. The number of hydrogen-bond acceptors (Lipinski definition) is 4. The van der Waals surface area contributed by atoms with Gasteiger partial charge in [0.05, 0.1) is 5.92 Å². The Kier molecular flexibility index (Phi) is 5.29. The summed E-state index contributed by atoms with van der Waals surface area (Å²) in [6, 6.07) is 9.84. The van der Waals surface area contributed by atoms with Gasteiger partial charge in [0.15, 0.2) is 0 Å². The maximum atomic E-state index is 12.5. The van der Waals surface area contributed by atoms with Crippen LogP contribution in [0.5, 0.6) is 0 Å². The number of anilines is 1. The molecular weight excluding hydrogens is 294 g/mol. The Balaban J connectivity index is 2.05. The van der Waals surface area contributed by atoms with E-state index >= 15 is 0 Å². The van der Waals surface area contributed by atoms with Crippen LogP contribution in [-0.2, 0) is 11.2 Å². The van der Waals surface area contributed by atoms with Crippen molar-refractivity contribution in [2.45, 2.75) is 46.5 Å². The van der Waals surface area contributed by atoms with Crippen molar-refractivity contribution < 1.29 is 4.79 Å². The van der Waals surface area contributed by atoms with Crippen molar-refractivity contribution in [3.63, 3.8) is 0 Å². The number of nitrogens with zero attached hydrogens (tertiary/aromatic N) is 2.